The third kappa shape index (κ3) is 4.83. The number of rotatable bonds is 6. The van der Waals surface area contributed by atoms with E-state index in [-0.39, 0.29) is 29.3 Å². The number of nitrogens with one attached hydrogen (secondary N) is 2. The van der Waals surface area contributed by atoms with Crippen molar-refractivity contribution >= 4 is 15.9 Å². The second-order valence-electron chi connectivity index (χ2n) is 5.61. The van der Waals surface area contributed by atoms with Gasteiger partial charge in [-0.05, 0) is 37.1 Å². The van der Waals surface area contributed by atoms with Crippen LogP contribution < -0.4 is 10.6 Å². The third-order valence-electron chi connectivity index (χ3n) is 3.76. The lowest BCUT2D eigenvalue weighted by Gasteiger charge is -2.17. The topological polar surface area (TPSA) is 75.3 Å². The minimum absolute atomic E-state index is 0.0591. The summed E-state index contributed by atoms with van der Waals surface area (Å²) in [5.41, 5.74) is 2.13. The molecular weight excluding hydrogens is 324 g/mol. The van der Waals surface area contributed by atoms with Crippen LogP contribution in [-0.2, 0) is 9.84 Å². The van der Waals surface area contributed by atoms with Gasteiger partial charge >= 0.3 is 6.03 Å². The van der Waals surface area contributed by atoms with E-state index in [2.05, 4.69) is 10.6 Å². The van der Waals surface area contributed by atoms with Gasteiger partial charge in [0.1, 0.15) is 0 Å². The predicted molar refractivity (Wildman–Crippen MR) is 94.6 cm³/mol. The second kappa shape index (κ2) is 7.97. The molecule has 0 fully saturated rings. The first-order chi connectivity index (χ1) is 11.4. The number of aryl methyl sites for hydroxylation is 1. The van der Waals surface area contributed by atoms with Crippen LogP contribution in [0.25, 0.3) is 0 Å². The Morgan fingerprint density at radius 3 is 2.33 bits per heavy atom. The van der Waals surface area contributed by atoms with E-state index in [4.69, 9.17) is 0 Å². The lowest BCUT2D eigenvalue weighted by molar-refractivity contribution is 0.238. The van der Waals surface area contributed by atoms with E-state index in [0.717, 1.165) is 11.1 Å². The van der Waals surface area contributed by atoms with Crippen LogP contribution in [0.15, 0.2) is 59.5 Å². The standard InChI is InChI=1S/C18H22N2O3S/c1-14-8-6-7-11-17(14)15(2)20-18(21)19-12-13-24(22,23)16-9-4-3-5-10-16/h3-11,15H,12-13H2,1-2H3,(H2,19,20,21). The highest BCUT2D eigenvalue weighted by atomic mass is 32.2. The number of benzene rings is 2. The number of amides is 2. The zero-order valence-electron chi connectivity index (χ0n) is 13.8. The van der Waals surface area contributed by atoms with Gasteiger partial charge in [-0.15, -0.1) is 0 Å². The molecule has 2 aromatic carbocycles. The maximum absolute atomic E-state index is 12.1. The molecule has 1 unspecified atom stereocenters. The van der Waals surface area contributed by atoms with E-state index in [1.165, 1.54) is 0 Å². The summed E-state index contributed by atoms with van der Waals surface area (Å²) in [6, 6.07) is 15.5. The number of carbonyl (C=O) groups excluding carboxylic acids is 1. The molecule has 0 aliphatic rings. The Bertz CT molecular complexity index is 789. The maximum atomic E-state index is 12.1. The summed E-state index contributed by atoms with van der Waals surface area (Å²) >= 11 is 0. The maximum Gasteiger partial charge on any atom is 0.315 e. The van der Waals surface area contributed by atoms with Gasteiger partial charge in [0.15, 0.2) is 9.84 Å². The molecule has 0 heterocycles. The summed E-state index contributed by atoms with van der Waals surface area (Å²) < 4.78 is 24.3. The summed E-state index contributed by atoms with van der Waals surface area (Å²) in [5.74, 6) is -0.136. The van der Waals surface area contributed by atoms with Crippen molar-refractivity contribution in [3.05, 3.63) is 65.7 Å². The lowest BCUT2D eigenvalue weighted by atomic mass is 10.0. The molecule has 24 heavy (non-hydrogen) atoms. The highest BCUT2D eigenvalue weighted by Gasteiger charge is 2.15. The van der Waals surface area contributed by atoms with Crippen molar-refractivity contribution in [1.29, 1.82) is 0 Å². The lowest BCUT2D eigenvalue weighted by Crippen LogP contribution is -2.39. The van der Waals surface area contributed by atoms with E-state index >= 15 is 0 Å². The fourth-order valence-corrected chi connectivity index (χ4v) is 3.62. The zero-order valence-corrected chi connectivity index (χ0v) is 14.6. The molecule has 2 N–H and O–H groups in total. The van der Waals surface area contributed by atoms with E-state index < -0.39 is 9.84 Å². The molecule has 0 spiro atoms. The molecule has 2 aromatic rings. The number of carbonyl (C=O) groups is 1. The van der Waals surface area contributed by atoms with E-state index in [0.29, 0.717) is 0 Å². The minimum Gasteiger partial charge on any atom is -0.337 e. The molecule has 6 heteroatoms. The molecule has 0 aromatic heterocycles. The fourth-order valence-electron chi connectivity index (χ4n) is 2.44. The summed E-state index contributed by atoms with van der Waals surface area (Å²) in [6.45, 7) is 3.93. The van der Waals surface area contributed by atoms with Crippen molar-refractivity contribution in [3.63, 3.8) is 0 Å². The van der Waals surface area contributed by atoms with Crippen LogP contribution >= 0.6 is 0 Å². The number of urea groups is 1. The first kappa shape index (κ1) is 18.0. The van der Waals surface area contributed by atoms with Crippen LogP contribution in [0.4, 0.5) is 4.79 Å². The van der Waals surface area contributed by atoms with Crippen LogP contribution in [-0.4, -0.2) is 26.7 Å². The second-order valence-corrected chi connectivity index (χ2v) is 7.72. The van der Waals surface area contributed by atoms with Crippen LogP contribution in [0.2, 0.25) is 0 Å². The van der Waals surface area contributed by atoms with Crippen molar-refractivity contribution < 1.29 is 13.2 Å². The fraction of sp³-hybridized carbons (Fsp3) is 0.278. The molecule has 0 saturated heterocycles. The normalized spacial score (nSPS) is 12.4. The van der Waals surface area contributed by atoms with Crippen LogP contribution in [0.5, 0.6) is 0 Å². The Kier molecular flexibility index (Phi) is 5.98. The summed E-state index contributed by atoms with van der Waals surface area (Å²) in [4.78, 5) is 12.2. The zero-order chi connectivity index (χ0) is 17.6. The molecule has 1 atom stereocenters. The van der Waals surface area contributed by atoms with Gasteiger partial charge in [-0.1, -0.05) is 42.5 Å². The molecule has 2 rings (SSSR count). The molecule has 5 nitrogen and oxygen atoms in total. The molecule has 0 saturated carbocycles. The van der Waals surface area contributed by atoms with Crippen LogP contribution in [0.3, 0.4) is 0 Å². The Hall–Kier alpha value is -2.34. The molecule has 0 aliphatic carbocycles. The molecule has 2 amide bonds. The van der Waals surface area contributed by atoms with Gasteiger partial charge in [0.05, 0.1) is 16.7 Å². The Morgan fingerprint density at radius 1 is 1.04 bits per heavy atom. The quantitative estimate of drug-likeness (QED) is 0.844. The molecular formula is C18H22N2O3S. The molecule has 0 aliphatic heterocycles. The first-order valence-corrected chi connectivity index (χ1v) is 9.43. The number of hydrogen-bond donors (Lipinski definition) is 2. The van der Waals surface area contributed by atoms with Crippen molar-refractivity contribution in [3.8, 4) is 0 Å². The van der Waals surface area contributed by atoms with Crippen LogP contribution in [0, 0.1) is 6.92 Å². The van der Waals surface area contributed by atoms with Crippen LogP contribution in [0.1, 0.15) is 24.1 Å². The monoisotopic (exact) mass is 346 g/mol. The average Bonchev–Trinajstić information content (AvgIpc) is 2.55. The summed E-state index contributed by atoms with van der Waals surface area (Å²) in [6.07, 6.45) is 0. The minimum atomic E-state index is -3.39. The Balaban J connectivity index is 1.85. The van der Waals surface area contributed by atoms with Gasteiger partial charge in [0.2, 0.25) is 0 Å². The largest absolute Gasteiger partial charge is 0.337 e. The Labute approximate surface area is 143 Å². The van der Waals surface area contributed by atoms with Gasteiger partial charge in [-0.25, -0.2) is 13.2 Å². The van der Waals surface area contributed by atoms with Crippen molar-refractivity contribution in [2.24, 2.45) is 0 Å². The van der Waals surface area contributed by atoms with E-state index in [1.807, 2.05) is 38.1 Å². The molecule has 128 valence electrons. The number of sulfone groups is 1. The summed E-state index contributed by atoms with van der Waals surface area (Å²) in [7, 11) is -3.39. The van der Waals surface area contributed by atoms with Crippen molar-refractivity contribution in [1.82, 2.24) is 10.6 Å². The van der Waals surface area contributed by atoms with E-state index in [1.54, 1.807) is 30.3 Å². The highest BCUT2D eigenvalue weighted by molar-refractivity contribution is 7.91. The molecule has 0 bridgehead atoms. The Morgan fingerprint density at radius 2 is 1.67 bits per heavy atom. The van der Waals surface area contributed by atoms with E-state index in [9.17, 15) is 13.2 Å². The predicted octanol–water partition coefficient (Wildman–Crippen LogP) is 2.83. The first-order valence-electron chi connectivity index (χ1n) is 7.78. The van der Waals surface area contributed by atoms with Gasteiger partial charge in [-0.3, -0.25) is 0 Å². The van der Waals surface area contributed by atoms with Gasteiger partial charge in [0.25, 0.3) is 0 Å². The SMILES string of the molecule is Cc1ccccc1C(C)NC(=O)NCCS(=O)(=O)c1ccccc1. The average molecular weight is 346 g/mol. The van der Waals surface area contributed by atoms with Gasteiger partial charge < -0.3 is 10.6 Å². The summed E-state index contributed by atoms with van der Waals surface area (Å²) in [5, 5.41) is 5.42. The van der Waals surface area contributed by atoms with Crippen molar-refractivity contribution in [2.45, 2.75) is 24.8 Å². The smallest absolute Gasteiger partial charge is 0.315 e. The third-order valence-corrected chi connectivity index (χ3v) is 5.49. The van der Waals surface area contributed by atoms with Crippen molar-refractivity contribution in [2.75, 3.05) is 12.3 Å². The number of hydrogen-bond acceptors (Lipinski definition) is 3. The van der Waals surface area contributed by atoms with Gasteiger partial charge in [-0.2, -0.15) is 0 Å². The highest BCUT2D eigenvalue weighted by Crippen LogP contribution is 2.16. The van der Waals surface area contributed by atoms with Gasteiger partial charge in [0, 0.05) is 6.54 Å². The molecule has 0 radical (unpaired) electrons.